The van der Waals surface area contributed by atoms with E-state index in [9.17, 15) is 4.79 Å². The summed E-state index contributed by atoms with van der Waals surface area (Å²) in [5.74, 6) is 1.02. The first-order valence-corrected chi connectivity index (χ1v) is 7.06. The molecule has 3 atom stereocenters. The van der Waals surface area contributed by atoms with Crippen LogP contribution in [0.1, 0.15) is 38.7 Å². The van der Waals surface area contributed by atoms with Gasteiger partial charge in [0.05, 0.1) is 5.56 Å². The number of nitriles is 1. The Balaban J connectivity index is 1.92. The third kappa shape index (κ3) is 3.51. The molecule has 1 fully saturated rings. The Hall–Kier alpha value is -2.02. The minimum Gasteiger partial charge on any atom is -0.480 e. The van der Waals surface area contributed by atoms with Crippen LogP contribution < -0.4 is 10.1 Å². The molecule has 0 aliphatic heterocycles. The van der Waals surface area contributed by atoms with E-state index in [1.165, 1.54) is 0 Å². The highest BCUT2D eigenvalue weighted by molar-refractivity contribution is 5.81. The van der Waals surface area contributed by atoms with Crippen molar-refractivity contribution < 1.29 is 9.53 Å². The van der Waals surface area contributed by atoms with E-state index in [1.54, 1.807) is 31.2 Å². The molecule has 1 aromatic rings. The first-order valence-electron chi connectivity index (χ1n) is 7.06. The zero-order chi connectivity index (χ0) is 14.5. The highest BCUT2D eigenvalue weighted by atomic mass is 16.5. The van der Waals surface area contributed by atoms with Crippen LogP contribution in [0.2, 0.25) is 0 Å². The fourth-order valence-electron chi connectivity index (χ4n) is 2.56. The van der Waals surface area contributed by atoms with Crippen LogP contribution in [-0.4, -0.2) is 18.1 Å². The molecule has 1 aromatic carbocycles. The Labute approximate surface area is 119 Å². The maximum absolute atomic E-state index is 12.1. The van der Waals surface area contributed by atoms with Crippen molar-refractivity contribution in [1.82, 2.24) is 5.32 Å². The lowest BCUT2D eigenvalue weighted by Gasteiger charge is -2.18. The van der Waals surface area contributed by atoms with Crippen LogP contribution in [0.5, 0.6) is 5.75 Å². The molecule has 3 unspecified atom stereocenters. The maximum atomic E-state index is 12.1. The highest BCUT2D eigenvalue weighted by Gasteiger charge is 2.25. The number of amides is 1. The topological polar surface area (TPSA) is 62.1 Å². The van der Waals surface area contributed by atoms with Crippen molar-refractivity contribution in [2.75, 3.05) is 0 Å². The molecule has 0 heterocycles. The molecule has 4 heteroatoms. The number of nitrogens with zero attached hydrogens (tertiary/aromatic N) is 1. The lowest BCUT2D eigenvalue weighted by Crippen LogP contribution is -2.41. The van der Waals surface area contributed by atoms with Crippen LogP contribution in [0, 0.1) is 17.2 Å². The molecule has 20 heavy (non-hydrogen) atoms. The van der Waals surface area contributed by atoms with E-state index in [0.29, 0.717) is 17.2 Å². The molecule has 1 aliphatic rings. The average Bonchev–Trinajstić information content (AvgIpc) is 2.84. The molecule has 106 valence electrons. The Morgan fingerprint density at radius 3 is 2.85 bits per heavy atom. The Bertz CT molecular complexity index is 521. The van der Waals surface area contributed by atoms with Gasteiger partial charge in [-0.3, -0.25) is 4.79 Å². The van der Waals surface area contributed by atoms with Gasteiger partial charge in [-0.25, -0.2) is 0 Å². The molecule has 0 aromatic heterocycles. The van der Waals surface area contributed by atoms with E-state index in [0.717, 1.165) is 19.3 Å². The first kappa shape index (κ1) is 14.4. The van der Waals surface area contributed by atoms with Gasteiger partial charge in [0.15, 0.2) is 6.10 Å². The molecule has 1 aliphatic carbocycles. The standard InChI is InChI=1S/C16H20N2O2/c1-11-7-8-14(9-11)18-16(19)12(2)20-15-6-4-3-5-13(15)10-17/h3-6,11-12,14H,7-9H2,1-2H3,(H,18,19). The minimum absolute atomic E-state index is 0.114. The molecular formula is C16H20N2O2. The number of rotatable bonds is 4. The van der Waals surface area contributed by atoms with Gasteiger partial charge >= 0.3 is 0 Å². The smallest absolute Gasteiger partial charge is 0.260 e. The zero-order valence-electron chi connectivity index (χ0n) is 11.9. The van der Waals surface area contributed by atoms with E-state index >= 15 is 0 Å². The molecule has 4 nitrogen and oxygen atoms in total. The van der Waals surface area contributed by atoms with Crippen molar-refractivity contribution in [2.45, 2.75) is 45.3 Å². The number of para-hydroxylation sites is 1. The summed E-state index contributed by atoms with van der Waals surface area (Å²) in [4.78, 5) is 12.1. The molecule has 0 spiro atoms. The van der Waals surface area contributed by atoms with Gasteiger partial charge in [-0.05, 0) is 44.2 Å². The van der Waals surface area contributed by atoms with Gasteiger partial charge in [0.2, 0.25) is 0 Å². The Morgan fingerprint density at radius 1 is 1.45 bits per heavy atom. The molecule has 2 rings (SSSR count). The van der Waals surface area contributed by atoms with Crippen molar-refractivity contribution in [1.29, 1.82) is 5.26 Å². The zero-order valence-corrected chi connectivity index (χ0v) is 11.9. The molecule has 1 amide bonds. The van der Waals surface area contributed by atoms with E-state index in [1.807, 2.05) is 0 Å². The minimum atomic E-state index is -0.597. The van der Waals surface area contributed by atoms with Crippen LogP contribution >= 0.6 is 0 Å². The van der Waals surface area contributed by atoms with Gasteiger partial charge < -0.3 is 10.1 Å². The normalized spacial score (nSPS) is 22.9. The maximum Gasteiger partial charge on any atom is 0.260 e. The summed E-state index contributed by atoms with van der Waals surface area (Å²) in [5.41, 5.74) is 0.446. The van der Waals surface area contributed by atoms with Crippen LogP contribution in [-0.2, 0) is 4.79 Å². The molecule has 0 radical (unpaired) electrons. The number of carbonyl (C=O) groups excluding carboxylic acids is 1. The lowest BCUT2D eigenvalue weighted by atomic mass is 10.1. The average molecular weight is 272 g/mol. The van der Waals surface area contributed by atoms with E-state index < -0.39 is 6.10 Å². The summed E-state index contributed by atoms with van der Waals surface area (Å²) >= 11 is 0. The van der Waals surface area contributed by atoms with Crippen molar-refractivity contribution >= 4 is 5.91 Å². The lowest BCUT2D eigenvalue weighted by molar-refractivity contribution is -0.128. The number of hydrogen-bond donors (Lipinski definition) is 1. The van der Waals surface area contributed by atoms with Gasteiger partial charge in [-0.2, -0.15) is 5.26 Å². The van der Waals surface area contributed by atoms with Crippen molar-refractivity contribution in [3.05, 3.63) is 29.8 Å². The van der Waals surface area contributed by atoms with E-state index in [4.69, 9.17) is 10.00 Å². The van der Waals surface area contributed by atoms with Crippen molar-refractivity contribution in [3.63, 3.8) is 0 Å². The van der Waals surface area contributed by atoms with Crippen LogP contribution in [0.25, 0.3) is 0 Å². The van der Waals surface area contributed by atoms with E-state index in [2.05, 4.69) is 18.3 Å². The number of hydrogen-bond acceptors (Lipinski definition) is 3. The van der Waals surface area contributed by atoms with Crippen molar-refractivity contribution in [2.24, 2.45) is 5.92 Å². The van der Waals surface area contributed by atoms with Gasteiger partial charge in [-0.1, -0.05) is 19.1 Å². The summed E-state index contributed by atoms with van der Waals surface area (Å²) < 4.78 is 5.60. The van der Waals surface area contributed by atoms with Crippen molar-refractivity contribution in [3.8, 4) is 11.8 Å². The quantitative estimate of drug-likeness (QED) is 0.916. The second kappa shape index (κ2) is 6.42. The van der Waals surface area contributed by atoms with E-state index in [-0.39, 0.29) is 11.9 Å². The third-order valence-electron chi connectivity index (χ3n) is 3.72. The van der Waals surface area contributed by atoms with Crippen LogP contribution in [0.3, 0.4) is 0 Å². The fraction of sp³-hybridized carbons (Fsp3) is 0.500. The molecule has 1 saturated carbocycles. The highest BCUT2D eigenvalue weighted by Crippen LogP contribution is 2.25. The number of benzene rings is 1. The van der Waals surface area contributed by atoms with Gasteiger partial charge in [0.1, 0.15) is 11.8 Å². The third-order valence-corrected chi connectivity index (χ3v) is 3.72. The summed E-state index contributed by atoms with van der Waals surface area (Å²) in [6, 6.07) is 9.27. The predicted molar refractivity (Wildman–Crippen MR) is 76.2 cm³/mol. The van der Waals surface area contributed by atoms with Gasteiger partial charge in [-0.15, -0.1) is 0 Å². The molecule has 0 bridgehead atoms. The summed E-state index contributed by atoms with van der Waals surface area (Å²) in [6.45, 7) is 3.91. The number of carbonyl (C=O) groups is 1. The largest absolute Gasteiger partial charge is 0.480 e. The first-order chi connectivity index (χ1) is 9.60. The van der Waals surface area contributed by atoms with Crippen LogP contribution in [0.15, 0.2) is 24.3 Å². The molecular weight excluding hydrogens is 252 g/mol. The summed E-state index contributed by atoms with van der Waals surface area (Å²) in [6.07, 6.45) is 2.64. The number of ether oxygens (including phenoxy) is 1. The summed E-state index contributed by atoms with van der Waals surface area (Å²) in [5, 5.41) is 12.0. The number of nitrogens with one attached hydrogen (secondary N) is 1. The predicted octanol–water partition coefficient (Wildman–Crippen LogP) is 2.63. The monoisotopic (exact) mass is 272 g/mol. The fourth-order valence-corrected chi connectivity index (χ4v) is 2.56. The Morgan fingerprint density at radius 2 is 2.20 bits per heavy atom. The van der Waals surface area contributed by atoms with Crippen LogP contribution in [0.4, 0.5) is 0 Å². The second-order valence-corrected chi connectivity index (χ2v) is 5.49. The van der Waals surface area contributed by atoms with Gasteiger partial charge in [0.25, 0.3) is 5.91 Å². The molecule has 1 N–H and O–H groups in total. The molecule has 0 saturated heterocycles. The van der Waals surface area contributed by atoms with Gasteiger partial charge in [0, 0.05) is 6.04 Å². The second-order valence-electron chi connectivity index (χ2n) is 5.49. The summed E-state index contributed by atoms with van der Waals surface area (Å²) in [7, 11) is 0. The SMILES string of the molecule is CC1CCC(NC(=O)C(C)Oc2ccccc2C#N)C1. The Kier molecular flexibility index (Phi) is 4.62.